The van der Waals surface area contributed by atoms with E-state index in [1.165, 1.54) is 0 Å². The average molecular weight is 390 g/mol. The number of carbonyl (C=O) groups excluding carboxylic acids is 2. The Bertz CT molecular complexity index is 807. The lowest BCUT2D eigenvalue weighted by Gasteiger charge is -2.36. The predicted octanol–water partition coefficient (Wildman–Crippen LogP) is 3.22. The third kappa shape index (κ3) is 6.04. The maximum atomic E-state index is 12.7. The van der Waals surface area contributed by atoms with Gasteiger partial charge in [0.15, 0.2) is 11.9 Å². The molecule has 7 nitrogen and oxygen atoms in total. The molecule has 152 valence electrons. The normalized spacial score (nSPS) is 20.5. The van der Waals surface area contributed by atoms with Crippen LogP contribution in [-0.2, 0) is 23.9 Å². The van der Waals surface area contributed by atoms with Crippen molar-refractivity contribution in [2.24, 2.45) is 5.41 Å². The van der Waals surface area contributed by atoms with Gasteiger partial charge in [-0.15, -0.1) is 0 Å². The minimum Gasteiger partial charge on any atom is -0.481 e. The number of allylic oxidation sites excluding steroid dienone is 5. The van der Waals surface area contributed by atoms with Crippen molar-refractivity contribution in [1.82, 2.24) is 0 Å². The molecule has 0 aromatic heterocycles. The molecule has 0 bridgehead atoms. The van der Waals surface area contributed by atoms with Crippen LogP contribution in [0.25, 0.3) is 0 Å². The molecule has 0 aromatic rings. The average Bonchev–Trinajstić information content (AvgIpc) is 2.57. The molecule has 0 heterocycles. The summed E-state index contributed by atoms with van der Waals surface area (Å²) >= 11 is 0. The van der Waals surface area contributed by atoms with Gasteiger partial charge in [-0.05, 0) is 37.3 Å². The van der Waals surface area contributed by atoms with Crippen LogP contribution >= 0.6 is 0 Å². The van der Waals surface area contributed by atoms with Gasteiger partial charge in [-0.25, -0.2) is 9.59 Å². The maximum absolute atomic E-state index is 12.7. The minimum atomic E-state index is -1.53. The summed E-state index contributed by atoms with van der Waals surface area (Å²) < 4.78 is 5.18. The highest BCUT2D eigenvalue weighted by Crippen LogP contribution is 2.40. The third-order valence-electron chi connectivity index (χ3n) is 4.63. The van der Waals surface area contributed by atoms with Crippen molar-refractivity contribution >= 4 is 23.7 Å². The molecule has 1 atom stereocenters. The lowest BCUT2D eigenvalue weighted by atomic mass is 9.71. The summed E-state index contributed by atoms with van der Waals surface area (Å²) in [6.07, 6.45) is 4.70. The molecule has 1 rings (SSSR count). The fourth-order valence-corrected chi connectivity index (χ4v) is 2.97. The second-order valence-corrected chi connectivity index (χ2v) is 7.33. The first-order valence-electron chi connectivity index (χ1n) is 8.82. The van der Waals surface area contributed by atoms with E-state index >= 15 is 0 Å². The summed E-state index contributed by atoms with van der Waals surface area (Å²) in [7, 11) is 0. The van der Waals surface area contributed by atoms with Crippen LogP contribution in [0, 0.1) is 5.41 Å². The van der Waals surface area contributed by atoms with Crippen molar-refractivity contribution in [3.8, 4) is 0 Å². The lowest BCUT2D eigenvalue weighted by Crippen LogP contribution is -2.38. The molecule has 2 N–H and O–H groups in total. The van der Waals surface area contributed by atoms with Gasteiger partial charge in [0.2, 0.25) is 0 Å². The van der Waals surface area contributed by atoms with Gasteiger partial charge in [-0.1, -0.05) is 37.6 Å². The molecule has 0 spiro atoms. The van der Waals surface area contributed by atoms with E-state index < -0.39 is 41.4 Å². The summed E-state index contributed by atoms with van der Waals surface area (Å²) in [6.45, 7) is 9.38. The van der Waals surface area contributed by atoms with E-state index in [1.54, 1.807) is 6.92 Å². The second-order valence-electron chi connectivity index (χ2n) is 7.33. The first-order chi connectivity index (χ1) is 12.9. The molecular weight excluding hydrogens is 364 g/mol. The summed E-state index contributed by atoms with van der Waals surface area (Å²) in [6, 6.07) is 0. The van der Waals surface area contributed by atoms with Crippen LogP contribution in [0.2, 0.25) is 0 Å². The molecule has 0 radical (unpaired) electrons. The molecular formula is C21H26O7. The molecule has 0 saturated heterocycles. The molecule has 0 aromatic carbocycles. The van der Waals surface area contributed by atoms with E-state index in [4.69, 9.17) is 14.9 Å². The molecule has 0 fully saturated rings. The van der Waals surface area contributed by atoms with Crippen molar-refractivity contribution in [3.05, 3.63) is 46.6 Å². The molecule has 0 saturated carbocycles. The van der Waals surface area contributed by atoms with Crippen molar-refractivity contribution in [2.75, 3.05) is 0 Å². The smallest absolute Gasteiger partial charge is 0.332 e. The van der Waals surface area contributed by atoms with Crippen molar-refractivity contribution in [1.29, 1.82) is 0 Å². The molecule has 1 aliphatic carbocycles. The Morgan fingerprint density at radius 3 is 2.36 bits per heavy atom. The largest absolute Gasteiger partial charge is 0.481 e. The molecule has 1 aliphatic rings. The number of aliphatic carboxylic acids is 2. The summed E-state index contributed by atoms with van der Waals surface area (Å²) in [5.41, 5.74) is 1.30. The van der Waals surface area contributed by atoms with Crippen LogP contribution in [0.1, 0.15) is 47.5 Å². The molecule has 1 unspecified atom stereocenters. The number of ether oxygens (including phenoxy) is 1. The van der Waals surface area contributed by atoms with Crippen molar-refractivity contribution in [2.45, 2.75) is 53.6 Å². The van der Waals surface area contributed by atoms with Gasteiger partial charge in [0.25, 0.3) is 0 Å². The standard InChI is InChI=1S/C21H26O7/c1-6-12(2)7-8-15-13(3)19(25)16(11-21(15,4)5)28-18(24)10-14(20(26)27)9-17(22)23/h6-8,10,16H,9,11H2,1-5H3,(H,22,23)(H,26,27)/b8-7+,12-6+,14-10-. The second kappa shape index (κ2) is 9.30. The monoisotopic (exact) mass is 390 g/mol. The first-order valence-corrected chi connectivity index (χ1v) is 8.82. The Kier molecular flexibility index (Phi) is 7.67. The Labute approximate surface area is 164 Å². The number of carboxylic acid groups (broad SMARTS) is 2. The van der Waals surface area contributed by atoms with E-state index in [0.717, 1.165) is 11.1 Å². The lowest BCUT2D eigenvalue weighted by molar-refractivity contribution is -0.151. The molecule has 0 aliphatic heterocycles. The van der Waals surface area contributed by atoms with Crippen LogP contribution in [0.5, 0.6) is 0 Å². The van der Waals surface area contributed by atoms with Crippen molar-refractivity contribution < 1.29 is 34.1 Å². The highest BCUT2D eigenvalue weighted by molar-refractivity contribution is 6.03. The van der Waals surface area contributed by atoms with E-state index in [2.05, 4.69) is 0 Å². The SMILES string of the molecule is C/C=C(C)/C=C/C1=C(C)C(=O)C(OC(=O)/C=C(/CC(=O)O)C(=O)O)CC1(C)C. The molecule has 28 heavy (non-hydrogen) atoms. The van der Waals surface area contributed by atoms with E-state index in [-0.39, 0.29) is 12.2 Å². The van der Waals surface area contributed by atoms with Gasteiger partial charge in [0.1, 0.15) is 0 Å². The van der Waals surface area contributed by atoms with Crippen LogP contribution in [-0.4, -0.2) is 40.0 Å². The number of hydrogen-bond acceptors (Lipinski definition) is 5. The fourth-order valence-electron chi connectivity index (χ4n) is 2.97. The zero-order valence-corrected chi connectivity index (χ0v) is 16.7. The van der Waals surface area contributed by atoms with Gasteiger partial charge < -0.3 is 14.9 Å². The van der Waals surface area contributed by atoms with Gasteiger partial charge >= 0.3 is 17.9 Å². The van der Waals surface area contributed by atoms with Gasteiger partial charge in [-0.3, -0.25) is 9.59 Å². The van der Waals surface area contributed by atoms with Crippen LogP contribution < -0.4 is 0 Å². The van der Waals surface area contributed by atoms with Crippen LogP contribution in [0.15, 0.2) is 46.6 Å². The quantitative estimate of drug-likeness (QED) is 0.389. The van der Waals surface area contributed by atoms with Crippen LogP contribution in [0.3, 0.4) is 0 Å². The number of Topliss-reactive ketones (excluding diaryl/α,β-unsaturated/α-hetero) is 1. The number of ketones is 1. The van der Waals surface area contributed by atoms with Gasteiger partial charge in [-0.2, -0.15) is 0 Å². The summed E-state index contributed by atoms with van der Waals surface area (Å²) in [4.78, 5) is 46.5. The predicted molar refractivity (Wildman–Crippen MR) is 103 cm³/mol. The number of carboxylic acids is 2. The highest BCUT2D eigenvalue weighted by Gasteiger charge is 2.39. The molecule has 7 heteroatoms. The molecule has 0 amide bonds. The Balaban J connectivity index is 3.10. The van der Waals surface area contributed by atoms with Gasteiger partial charge in [0, 0.05) is 12.5 Å². The van der Waals surface area contributed by atoms with Gasteiger partial charge in [0.05, 0.1) is 12.0 Å². The van der Waals surface area contributed by atoms with Crippen LogP contribution in [0.4, 0.5) is 0 Å². The van der Waals surface area contributed by atoms with E-state index in [0.29, 0.717) is 11.6 Å². The zero-order chi connectivity index (χ0) is 21.6. The Morgan fingerprint density at radius 2 is 1.86 bits per heavy atom. The third-order valence-corrected chi connectivity index (χ3v) is 4.63. The number of esters is 1. The van der Waals surface area contributed by atoms with Crippen molar-refractivity contribution in [3.63, 3.8) is 0 Å². The summed E-state index contributed by atoms with van der Waals surface area (Å²) in [5.74, 6) is -4.32. The Hall–Kier alpha value is -2.96. The highest BCUT2D eigenvalue weighted by atomic mass is 16.5. The topological polar surface area (TPSA) is 118 Å². The Morgan fingerprint density at radius 1 is 1.25 bits per heavy atom. The fraction of sp³-hybridized carbons (Fsp3) is 0.429. The summed E-state index contributed by atoms with van der Waals surface area (Å²) in [5, 5.41) is 17.7. The number of carbonyl (C=O) groups is 4. The van der Waals surface area contributed by atoms with E-state index in [9.17, 15) is 19.2 Å². The number of rotatable bonds is 7. The first kappa shape index (κ1) is 23.1. The van der Waals surface area contributed by atoms with E-state index in [1.807, 2.05) is 45.9 Å². The number of hydrogen-bond donors (Lipinski definition) is 2. The zero-order valence-electron chi connectivity index (χ0n) is 16.7. The minimum absolute atomic E-state index is 0.235. The maximum Gasteiger partial charge on any atom is 0.332 e.